The molecule has 0 aromatic rings. The molecule has 0 radical (unpaired) electrons. The monoisotopic (exact) mass is 256 g/mol. The average molecular weight is 256 g/mol. The van der Waals surface area contributed by atoms with Crippen molar-refractivity contribution in [1.82, 2.24) is 10.6 Å². The lowest BCUT2D eigenvalue weighted by atomic mass is 9.97. The van der Waals surface area contributed by atoms with E-state index in [4.69, 9.17) is 0 Å². The predicted molar refractivity (Wildman–Crippen MR) is 73.3 cm³/mol. The maximum Gasteiger partial charge on any atom is 0.220 e. The number of carbonyl (C=O) groups excluding carboxylic acids is 1. The predicted octanol–water partition coefficient (Wildman–Crippen LogP) is 1.77. The first-order valence-electron chi connectivity index (χ1n) is 6.81. The van der Waals surface area contributed by atoms with Gasteiger partial charge in [0.15, 0.2) is 0 Å². The van der Waals surface area contributed by atoms with Gasteiger partial charge in [-0.25, -0.2) is 0 Å². The molecule has 1 amide bonds. The van der Waals surface area contributed by atoms with Crippen LogP contribution in [0.5, 0.6) is 0 Å². The summed E-state index contributed by atoms with van der Waals surface area (Å²) in [7, 11) is 0. The number of hydrogen-bond acceptors (Lipinski definition) is 3. The fourth-order valence-electron chi connectivity index (χ4n) is 2.76. The summed E-state index contributed by atoms with van der Waals surface area (Å²) >= 11 is 2.07. The first kappa shape index (κ1) is 13.2. The molecule has 0 unspecified atom stereocenters. The molecule has 98 valence electrons. The molecule has 4 heteroatoms. The highest BCUT2D eigenvalue weighted by Gasteiger charge is 2.42. The van der Waals surface area contributed by atoms with Crippen molar-refractivity contribution in [3.05, 3.63) is 0 Å². The molecule has 0 bridgehead atoms. The molecule has 3 nitrogen and oxygen atoms in total. The highest BCUT2D eigenvalue weighted by atomic mass is 32.2. The van der Waals surface area contributed by atoms with E-state index in [-0.39, 0.29) is 5.91 Å². The van der Waals surface area contributed by atoms with Crippen LogP contribution in [0.4, 0.5) is 0 Å². The molecule has 3 atom stereocenters. The van der Waals surface area contributed by atoms with Crippen LogP contribution in [-0.4, -0.2) is 35.5 Å². The minimum atomic E-state index is 0.270. The lowest BCUT2D eigenvalue weighted by Gasteiger charge is -2.17. The van der Waals surface area contributed by atoms with Gasteiger partial charge in [-0.15, -0.1) is 0 Å². The highest BCUT2D eigenvalue weighted by molar-refractivity contribution is 8.00. The van der Waals surface area contributed by atoms with Gasteiger partial charge in [0.2, 0.25) is 5.91 Å². The third-order valence-electron chi connectivity index (χ3n) is 3.68. The van der Waals surface area contributed by atoms with E-state index in [1.54, 1.807) is 0 Å². The zero-order valence-corrected chi connectivity index (χ0v) is 11.7. The van der Waals surface area contributed by atoms with Crippen molar-refractivity contribution in [1.29, 1.82) is 0 Å². The highest BCUT2D eigenvalue weighted by Crippen LogP contribution is 2.39. The van der Waals surface area contributed by atoms with Gasteiger partial charge in [0.05, 0.1) is 0 Å². The number of carbonyl (C=O) groups is 1. The summed E-state index contributed by atoms with van der Waals surface area (Å²) in [5, 5.41) is 7.27. The molecule has 0 aromatic carbocycles. The fraction of sp³-hybridized carbons (Fsp3) is 0.923. The minimum absolute atomic E-state index is 0.270. The van der Waals surface area contributed by atoms with E-state index in [0.717, 1.165) is 13.0 Å². The van der Waals surface area contributed by atoms with Gasteiger partial charge in [0.25, 0.3) is 0 Å². The van der Waals surface area contributed by atoms with Crippen molar-refractivity contribution >= 4 is 17.7 Å². The smallest absolute Gasteiger partial charge is 0.220 e. The van der Waals surface area contributed by atoms with E-state index in [2.05, 4.69) is 36.2 Å². The first-order valence-corrected chi connectivity index (χ1v) is 7.86. The van der Waals surface area contributed by atoms with Crippen LogP contribution in [0, 0.1) is 5.92 Å². The Morgan fingerprint density at radius 2 is 2.29 bits per heavy atom. The lowest BCUT2D eigenvalue weighted by molar-refractivity contribution is -0.119. The van der Waals surface area contributed by atoms with Gasteiger partial charge in [-0.1, -0.05) is 20.3 Å². The van der Waals surface area contributed by atoms with Crippen LogP contribution in [0.1, 0.15) is 39.5 Å². The topological polar surface area (TPSA) is 41.1 Å². The van der Waals surface area contributed by atoms with Gasteiger partial charge >= 0.3 is 0 Å². The number of amides is 1. The van der Waals surface area contributed by atoms with Gasteiger partial charge in [0, 0.05) is 23.8 Å². The Labute approximate surface area is 108 Å². The Morgan fingerprint density at radius 1 is 1.47 bits per heavy atom. The Kier molecular flexibility index (Phi) is 4.74. The van der Waals surface area contributed by atoms with Gasteiger partial charge < -0.3 is 10.6 Å². The number of unbranched alkanes of at least 4 members (excludes halogenated alkanes) is 1. The van der Waals surface area contributed by atoms with Gasteiger partial charge in [0.1, 0.15) is 0 Å². The van der Waals surface area contributed by atoms with Crippen LogP contribution in [0.25, 0.3) is 0 Å². The summed E-state index contributed by atoms with van der Waals surface area (Å²) in [5.41, 5.74) is 0. The molecule has 17 heavy (non-hydrogen) atoms. The van der Waals surface area contributed by atoms with E-state index < -0.39 is 0 Å². The largest absolute Gasteiger partial charge is 0.352 e. The molecule has 2 aliphatic rings. The first-order chi connectivity index (χ1) is 8.16. The average Bonchev–Trinajstić information content (AvgIpc) is 2.77. The Morgan fingerprint density at radius 3 is 3.06 bits per heavy atom. The molecule has 2 heterocycles. The number of nitrogens with one attached hydrogen (secondary N) is 2. The molecule has 0 aromatic heterocycles. The van der Waals surface area contributed by atoms with Crippen molar-refractivity contribution in [2.24, 2.45) is 5.92 Å². The zero-order valence-electron chi connectivity index (χ0n) is 10.9. The maximum atomic E-state index is 11.3. The second kappa shape index (κ2) is 6.10. The van der Waals surface area contributed by atoms with Gasteiger partial charge in [-0.05, 0) is 31.1 Å². The molecule has 2 N–H and O–H groups in total. The molecular weight excluding hydrogens is 232 g/mol. The number of fused-ring (bicyclic) bond motifs is 1. The third-order valence-corrected chi connectivity index (χ3v) is 5.25. The Bertz CT molecular complexity index is 270. The standard InChI is InChI=1S/C13H24N2OS/c1-9(2)14-6-4-3-5-11-13-10(8-17-11)7-12(16)15-13/h9-11,13-14H,3-8H2,1-2H3,(H,15,16)/t10-,11-,13-/m0/s1. The van der Waals surface area contributed by atoms with E-state index in [1.165, 1.54) is 25.0 Å². The molecular formula is C13H24N2OS. The fourth-order valence-corrected chi connectivity index (χ4v) is 4.41. The van der Waals surface area contributed by atoms with Crippen molar-refractivity contribution < 1.29 is 4.79 Å². The second-order valence-electron chi connectivity index (χ2n) is 5.53. The minimum Gasteiger partial charge on any atom is -0.352 e. The molecule has 0 aliphatic carbocycles. The van der Waals surface area contributed by atoms with Crippen molar-refractivity contribution in [2.45, 2.75) is 56.9 Å². The SMILES string of the molecule is CC(C)NCCCC[C@@H]1SC[C@@H]2CC(=O)N[C@@H]21. The van der Waals surface area contributed by atoms with Gasteiger partial charge in [-0.3, -0.25) is 4.79 Å². The number of thioether (sulfide) groups is 1. The summed E-state index contributed by atoms with van der Waals surface area (Å²) in [4.78, 5) is 11.3. The van der Waals surface area contributed by atoms with E-state index >= 15 is 0 Å². The molecule has 2 fully saturated rings. The summed E-state index contributed by atoms with van der Waals surface area (Å²) in [6, 6.07) is 1.07. The van der Waals surface area contributed by atoms with E-state index in [9.17, 15) is 4.79 Å². The summed E-state index contributed by atoms with van der Waals surface area (Å²) in [6.45, 7) is 5.49. The third kappa shape index (κ3) is 3.62. The van der Waals surface area contributed by atoms with Crippen LogP contribution >= 0.6 is 11.8 Å². The molecule has 0 saturated carbocycles. The quantitative estimate of drug-likeness (QED) is 0.712. The van der Waals surface area contributed by atoms with Crippen molar-refractivity contribution in [3.63, 3.8) is 0 Å². The molecule has 0 spiro atoms. The van der Waals surface area contributed by atoms with E-state index in [0.29, 0.717) is 23.3 Å². The van der Waals surface area contributed by atoms with Gasteiger partial charge in [-0.2, -0.15) is 11.8 Å². The van der Waals surface area contributed by atoms with Crippen LogP contribution in [0.15, 0.2) is 0 Å². The van der Waals surface area contributed by atoms with Crippen LogP contribution < -0.4 is 10.6 Å². The summed E-state index contributed by atoms with van der Waals surface area (Å²) in [6.07, 6.45) is 4.55. The second-order valence-corrected chi connectivity index (χ2v) is 6.81. The maximum absolute atomic E-state index is 11.3. The summed E-state index contributed by atoms with van der Waals surface area (Å²) < 4.78 is 0. The number of hydrogen-bond donors (Lipinski definition) is 2. The molecule has 2 rings (SSSR count). The normalized spacial score (nSPS) is 31.9. The molecule has 2 saturated heterocycles. The zero-order chi connectivity index (χ0) is 12.3. The summed E-state index contributed by atoms with van der Waals surface area (Å²) in [5.74, 6) is 2.07. The Balaban J connectivity index is 1.62. The van der Waals surface area contributed by atoms with Crippen molar-refractivity contribution in [3.8, 4) is 0 Å². The van der Waals surface area contributed by atoms with Crippen molar-refractivity contribution in [2.75, 3.05) is 12.3 Å². The lowest BCUT2D eigenvalue weighted by Crippen LogP contribution is -2.34. The molecule has 2 aliphatic heterocycles. The Hall–Kier alpha value is -0.220. The van der Waals surface area contributed by atoms with Crippen LogP contribution in [0.3, 0.4) is 0 Å². The van der Waals surface area contributed by atoms with Crippen LogP contribution in [-0.2, 0) is 4.79 Å². The van der Waals surface area contributed by atoms with Crippen LogP contribution in [0.2, 0.25) is 0 Å². The van der Waals surface area contributed by atoms with E-state index in [1.807, 2.05) is 0 Å². The number of rotatable bonds is 6.